The molecule has 102 valence electrons. The van der Waals surface area contributed by atoms with Crippen LogP contribution in [0.5, 0.6) is 0 Å². The van der Waals surface area contributed by atoms with Crippen LogP contribution >= 0.6 is 0 Å². The van der Waals surface area contributed by atoms with Gasteiger partial charge in [-0.25, -0.2) is 4.98 Å². The molecule has 0 bridgehead atoms. The summed E-state index contributed by atoms with van der Waals surface area (Å²) in [5, 5.41) is 3.31. The second-order valence-electron chi connectivity index (χ2n) is 4.98. The number of benzene rings is 1. The number of fused-ring (bicyclic) bond motifs is 1. The monoisotopic (exact) mass is 259 g/mol. The summed E-state index contributed by atoms with van der Waals surface area (Å²) in [6.45, 7) is 5.05. The van der Waals surface area contributed by atoms with Gasteiger partial charge < -0.3 is 9.88 Å². The van der Waals surface area contributed by atoms with Crippen LogP contribution in [0.15, 0.2) is 35.3 Å². The van der Waals surface area contributed by atoms with Crippen molar-refractivity contribution in [3.8, 4) is 0 Å². The summed E-state index contributed by atoms with van der Waals surface area (Å²) in [7, 11) is 1.95. The molecule has 1 aromatic heterocycles. The summed E-state index contributed by atoms with van der Waals surface area (Å²) in [6.07, 6.45) is 2.49. The summed E-state index contributed by atoms with van der Waals surface area (Å²) in [6, 6.07) is 8.05. The molecular formula is C15H21N3O. The van der Waals surface area contributed by atoms with Crippen molar-refractivity contribution < 1.29 is 0 Å². The van der Waals surface area contributed by atoms with Crippen LogP contribution in [0.2, 0.25) is 0 Å². The number of nitrogens with one attached hydrogen (secondary N) is 1. The molecule has 2 rings (SSSR count). The quantitative estimate of drug-likeness (QED) is 0.893. The van der Waals surface area contributed by atoms with Gasteiger partial charge in [0.25, 0.3) is 5.56 Å². The largest absolute Gasteiger partial charge is 0.315 e. The molecule has 0 fully saturated rings. The fourth-order valence-electron chi connectivity index (χ4n) is 2.34. The Hall–Kier alpha value is -1.68. The lowest BCUT2D eigenvalue weighted by atomic mass is 9.99. The van der Waals surface area contributed by atoms with Crippen LogP contribution in [0.1, 0.15) is 20.3 Å². The Bertz CT molecular complexity index is 606. The predicted octanol–water partition coefficient (Wildman–Crippen LogP) is 2.03. The fraction of sp³-hybridized carbons (Fsp3) is 0.467. The topological polar surface area (TPSA) is 46.9 Å². The second-order valence-corrected chi connectivity index (χ2v) is 4.98. The Morgan fingerprint density at radius 1 is 1.37 bits per heavy atom. The molecule has 0 saturated heterocycles. The van der Waals surface area contributed by atoms with Gasteiger partial charge >= 0.3 is 0 Å². The van der Waals surface area contributed by atoms with Gasteiger partial charge in [-0.05, 0) is 25.1 Å². The highest BCUT2D eigenvalue weighted by Gasteiger charge is 2.16. The predicted molar refractivity (Wildman–Crippen MR) is 78.3 cm³/mol. The van der Waals surface area contributed by atoms with E-state index in [0.717, 1.165) is 17.5 Å². The molecule has 19 heavy (non-hydrogen) atoms. The molecule has 1 aromatic carbocycles. The molecule has 1 heterocycles. The first-order valence-corrected chi connectivity index (χ1v) is 6.79. The minimum Gasteiger partial charge on any atom is -0.315 e. The van der Waals surface area contributed by atoms with Gasteiger partial charge in [-0.3, -0.25) is 4.79 Å². The number of likely N-dealkylation sites (N-methyl/N-ethyl adjacent to an activating group) is 1. The van der Waals surface area contributed by atoms with Gasteiger partial charge in [-0.15, -0.1) is 0 Å². The number of rotatable bonds is 5. The van der Waals surface area contributed by atoms with Gasteiger partial charge in [0.05, 0.1) is 17.2 Å². The first-order chi connectivity index (χ1) is 9.17. The SMILES string of the molecule is CCC(C)C(Cn1c(=O)cnc2ccccc21)NC. The number of aromatic nitrogens is 2. The molecule has 0 saturated carbocycles. The molecule has 0 aliphatic carbocycles. The standard InChI is InChI=1S/C15H21N3O/c1-4-11(2)13(16-3)10-18-14-8-6-5-7-12(14)17-9-15(18)19/h5-9,11,13,16H,4,10H2,1-3H3. The highest BCUT2D eigenvalue weighted by Crippen LogP contribution is 2.13. The zero-order valence-electron chi connectivity index (χ0n) is 11.8. The minimum absolute atomic E-state index is 0.0396. The Morgan fingerprint density at radius 2 is 2.11 bits per heavy atom. The molecule has 4 heteroatoms. The van der Waals surface area contributed by atoms with E-state index in [1.165, 1.54) is 6.20 Å². The van der Waals surface area contributed by atoms with E-state index >= 15 is 0 Å². The number of hydrogen-bond acceptors (Lipinski definition) is 3. The zero-order valence-corrected chi connectivity index (χ0v) is 11.8. The van der Waals surface area contributed by atoms with Gasteiger partial charge in [-0.1, -0.05) is 32.4 Å². The van der Waals surface area contributed by atoms with Gasteiger partial charge in [0.2, 0.25) is 0 Å². The van der Waals surface area contributed by atoms with E-state index in [1.54, 1.807) is 0 Å². The van der Waals surface area contributed by atoms with Crippen molar-refractivity contribution in [1.29, 1.82) is 0 Å². The Kier molecular flexibility index (Phi) is 4.32. The van der Waals surface area contributed by atoms with Gasteiger partial charge in [0, 0.05) is 12.6 Å². The summed E-state index contributed by atoms with van der Waals surface area (Å²) in [5.41, 5.74) is 1.72. The lowest BCUT2D eigenvalue weighted by Gasteiger charge is -2.24. The third-order valence-corrected chi connectivity index (χ3v) is 3.83. The molecule has 0 radical (unpaired) electrons. The summed E-state index contributed by atoms with van der Waals surface area (Å²) in [5.74, 6) is 0.517. The van der Waals surface area contributed by atoms with Crippen molar-refractivity contribution in [1.82, 2.24) is 14.9 Å². The minimum atomic E-state index is -0.0396. The maximum Gasteiger partial charge on any atom is 0.269 e. The van der Waals surface area contributed by atoms with E-state index in [4.69, 9.17) is 0 Å². The molecule has 2 unspecified atom stereocenters. The molecule has 2 aromatic rings. The lowest BCUT2D eigenvalue weighted by molar-refractivity contribution is 0.348. The van der Waals surface area contributed by atoms with Crippen LogP contribution in [-0.4, -0.2) is 22.6 Å². The first kappa shape index (κ1) is 13.7. The van der Waals surface area contributed by atoms with Crippen LogP contribution in [-0.2, 0) is 6.54 Å². The molecule has 0 spiro atoms. The van der Waals surface area contributed by atoms with Crippen LogP contribution in [0.25, 0.3) is 11.0 Å². The van der Waals surface area contributed by atoms with Crippen molar-refractivity contribution in [3.05, 3.63) is 40.8 Å². The average molecular weight is 259 g/mol. The summed E-state index contributed by atoms with van der Waals surface area (Å²) < 4.78 is 1.82. The van der Waals surface area contributed by atoms with E-state index in [0.29, 0.717) is 12.5 Å². The van der Waals surface area contributed by atoms with Gasteiger partial charge in [-0.2, -0.15) is 0 Å². The normalized spacial score (nSPS) is 14.5. The number of nitrogens with zero attached hydrogens (tertiary/aromatic N) is 2. The van der Waals surface area contributed by atoms with Crippen LogP contribution in [0.4, 0.5) is 0 Å². The highest BCUT2D eigenvalue weighted by molar-refractivity contribution is 5.74. The highest BCUT2D eigenvalue weighted by atomic mass is 16.1. The Balaban J connectivity index is 2.44. The van der Waals surface area contributed by atoms with Crippen LogP contribution in [0.3, 0.4) is 0 Å². The van der Waals surface area contributed by atoms with Gasteiger partial charge in [0.1, 0.15) is 0 Å². The summed E-state index contributed by atoms with van der Waals surface area (Å²) in [4.78, 5) is 16.3. The first-order valence-electron chi connectivity index (χ1n) is 6.79. The van der Waals surface area contributed by atoms with E-state index in [2.05, 4.69) is 24.1 Å². The number of hydrogen-bond donors (Lipinski definition) is 1. The maximum absolute atomic E-state index is 12.1. The second kappa shape index (κ2) is 5.97. The summed E-state index contributed by atoms with van der Waals surface area (Å²) >= 11 is 0. The maximum atomic E-state index is 12.1. The molecule has 0 aliphatic heterocycles. The fourth-order valence-corrected chi connectivity index (χ4v) is 2.34. The average Bonchev–Trinajstić information content (AvgIpc) is 2.45. The van der Waals surface area contributed by atoms with E-state index < -0.39 is 0 Å². The molecular weight excluding hydrogens is 238 g/mol. The third kappa shape index (κ3) is 2.84. The number of para-hydroxylation sites is 2. The van der Waals surface area contributed by atoms with Crippen LogP contribution < -0.4 is 10.9 Å². The van der Waals surface area contributed by atoms with E-state index in [-0.39, 0.29) is 11.6 Å². The Morgan fingerprint density at radius 3 is 2.79 bits per heavy atom. The van der Waals surface area contributed by atoms with Crippen molar-refractivity contribution in [2.45, 2.75) is 32.9 Å². The lowest BCUT2D eigenvalue weighted by Crippen LogP contribution is -2.39. The molecule has 0 amide bonds. The van der Waals surface area contributed by atoms with Crippen LogP contribution in [0, 0.1) is 5.92 Å². The molecule has 0 aliphatic rings. The van der Waals surface area contributed by atoms with Crippen molar-refractivity contribution in [2.75, 3.05) is 7.05 Å². The third-order valence-electron chi connectivity index (χ3n) is 3.83. The molecule has 1 N–H and O–H groups in total. The molecule has 2 atom stereocenters. The van der Waals surface area contributed by atoms with E-state index in [1.807, 2.05) is 35.9 Å². The smallest absolute Gasteiger partial charge is 0.269 e. The zero-order chi connectivity index (χ0) is 13.8. The Labute approximate surface area is 113 Å². The van der Waals surface area contributed by atoms with Gasteiger partial charge in [0.15, 0.2) is 0 Å². The van der Waals surface area contributed by atoms with E-state index in [9.17, 15) is 4.79 Å². The molecule has 4 nitrogen and oxygen atoms in total. The van der Waals surface area contributed by atoms with Crippen molar-refractivity contribution >= 4 is 11.0 Å². The van der Waals surface area contributed by atoms with Crippen molar-refractivity contribution in [2.24, 2.45) is 5.92 Å². The van der Waals surface area contributed by atoms with Crippen molar-refractivity contribution in [3.63, 3.8) is 0 Å².